The molecule has 0 aliphatic rings. The fraction of sp³-hybridized carbons (Fsp3) is 0.316. The van der Waals surface area contributed by atoms with Crippen molar-refractivity contribution in [3.63, 3.8) is 0 Å². The van der Waals surface area contributed by atoms with Gasteiger partial charge in [0.1, 0.15) is 5.82 Å². The number of hydrogen-bond acceptors (Lipinski definition) is 5. The Morgan fingerprint density at radius 1 is 0.931 bits per heavy atom. The van der Waals surface area contributed by atoms with E-state index in [-0.39, 0.29) is 15.2 Å². The number of sulfonamides is 2. The highest BCUT2D eigenvalue weighted by molar-refractivity contribution is 7.90. The molecule has 0 spiro atoms. The van der Waals surface area contributed by atoms with Gasteiger partial charge in [-0.2, -0.15) is 0 Å². The van der Waals surface area contributed by atoms with E-state index in [2.05, 4.69) is 0 Å². The molecule has 158 valence electrons. The monoisotopic (exact) mass is 442 g/mol. The molecule has 2 aromatic rings. The summed E-state index contributed by atoms with van der Waals surface area (Å²) in [5.41, 5.74) is 0.0192. The van der Waals surface area contributed by atoms with Crippen molar-refractivity contribution in [2.75, 3.05) is 14.1 Å². The van der Waals surface area contributed by atoms with Gasteiger partial charge in [-0.05, 0) is 41.3 Å². The number of amides is 1. The van der Waals surface area contributed by atoms with Crippen LogP contribution in [0, 0.1) is 5.82 Å². The van der Waals surface area contributed by atoms with Gasteiger partial charge in [-0.1, -0.05) is 32.9 Å². The van der Waals surface area contributed by atoms with E-state index in [0.29, 0.717) is 0 Å². The van der Waals surface area contributed by atoms with E-state index in [1.54, 1.807) is 16.9 Å². The SMILES string of the molecule is CN(C)S(=O)(=O)c1ccc(F)c(C(=O)NS(=O)(=O)c2ccc(C(C)(C)C)cc2)c1. The number of hydrogen-bond donors (Lipinski definition) is 1. The van der Waals surface area contributed by atoms with Crippen molar-refractivity contribution >= 4 is 26.0 Å². The van der Waals surface area contributed by atoms with Crippen LogP contribution in [-0.4, -0.2) is 41.1 Å². The zero-order valence-corrected chi connectivity index (χ0v) is 18.4. The molecular formula is C19H23FN2O5S2. The largest absolute Gasteiger partial charge is 0.268 e. The van der Waals surface area contributed by atoms with E-state index in [9.17, 15) is 26.0 Å². The van der Waals surface area contributed by atoms with Gasteiger partial charge in [-0.15, -0.1) is 0 Å². The maximum atomic E-state index is 14.1. The maximum absolute atomic E-state index is 14.1. The van der Waals surface area contributed by atoms with Gasteiger partial charge >= 0.3 is 0 Å². The van der Waals surface area contributed by atoms with Crippen LogP contribution in [0.1, 0.15) is 36.7 Å². The second kappa shape index (κ2) is 7.85. The van der Waals surface area contributed by atoms with Crippen molar-refractivity contribution in [3.8, 4) is 0 Å². The minimum Gasteiger partial charge on any atom is -0.268 e. The van der Waals surface area contributed by atoms with Gasteiger partial charge in [-0.3, -0.25) is 4.79 Å². The summed E-state index contributed by atoms with van der Waals surface area (Å²) < 4.78 is 66.2. The summed E-state index contributed by atoms with van der Waals surface area (Å²) in [6, 6.07) is 8.56. The summed E-state index contributed by atoms with van der Waals surface area (Å²) in [6.07, 6.45) is 0. The third kappa shape index (κ3) is 5.01. The molecule has 0 saturated carbocycles. The fourth-order valence-corrected chi connectivity index (χ4v) is 4.31. The molecule has 0 fully saturated rings. The first-order chi connectivity index (χ1) is 13.2. The Balaban J connectivity index is 2.36. The van der Waals surface area contributed by atoms with Gasteiger partial charge in [0.25, 0.3) is 15.9 Å². The van der Waals surface area contributed by atoms with Crippen LogP contribution < -0.4 is 4.72 Å². The molecule has 0 unspecified atom stereocenters. The van der Waals surface area contributed by atoms with Crippen molar-refractivity contribution in [2.45, 2.75) is 36.0 Å². The summed E-state index contributed by atoms with van der Waals surface area (Å²) >= 11 is 0. The zero-order valence-electron chi connectivity index (χ0n) is 16.7. The molecule has 0 aromatic heterocycles. The van der Waals surface area contributed by atoms with Crippen molar-refractivity contribution in [3.05, 3.63) is 59.4 Å². The van der Waals surface area contributed by atoms with E-state index in [4.69, 9.17) is 0 Å². The van der Waals surface area contributed by atoms with Crippen molar-refractivity contribution < 1.29 is 26.0 Å². The Kier molecular flexibility index (Phi) is 6.22. The Hall–Kier alpha value is -2.30. The summed E-state index contributed by atoms with van der Waals surface area (Å²) in [7, 11) is -5.64. The molecule has 0 atom stereocenters. The van der Waals surface area contributed by atoms with Gasteiger partial charge in [-0.25, -0.2) is 30.3 Å². The van der Waals surface area contributed by atoms with Crippen LogP contribution in [0.3, 0.4) is 0 Å². The van der Waals surface area contributed by atoms with Gasteiger partial charge in [0.15, 0.2) is 0 Å². The average molecular weight is 443 g/mol. The summed E-state index contributed by atoms with van der Waals surface area (Å²) in [4.78, 5) is 11.9. The lowest BCUT2D eigenvalue weighted by molar-refractivity contribution is 0.0977. The molecule has 0 bridgehead atoms. The standard InChI is InChI=1S/C19H23FN2O5S2/c1-19(2,3)13-6-8-14(9-7-13)28(24,25)21-18(23)16-12-15(10-11-17(16)20)29(26,27)22(4)5/h6-12H,1-5H3,(H,21,23). The molecule has 0 radical (unpaired) electrons. The van der Waals surface area contributed by atoms with Crippen molar-refractivity contribution in [1.29, 1.82) is 0 Å². The third-order valence-electron chi connectivity index (χ3n) is 4.22. The molecule has 29 heavy (non-hydrogen) atoms. The minimum absolute atomic E-state index is 0.170. The van der Waals surface area contributed by atoms with Gasteiger partial charge in [0.2, 0.25) is 10.0 Å². The molecule has 2 aromatic carbocycles. The molecule has 0 aliphatic carbocycles. The predicted molar refractivity (Wildman–Crippen MR) is 107 cm³/mol. The number of nitrogens with zero attached hydrogens (tertiary/aromatic N) is 1. The Bertz CT molecular complexity index is 1130. The zero-order chi connectivity index (χ0) is 22.2. The summed E-state index contributed by atoms with van der Waals surface area (Å²) in [5.74, 6) is -2.31. The second-order valence-corrected chi connectivity index (χ2v) is 11.5. The highest BCUT2D eigenvalue weighted by atomic mass is 32.2. The van der Waals surface area contributed by atoms with Crippen LogP contribution in [0.15, 0.2) is 52.3 Å². The first-order valence-electron chi connectivity index (χ1n) is 8.56. The lowest BCUT2D eigenvalue weighted by Gasteiger charge is -2.19. The molecule has 0 saturated heterocycles. The van der Waals surface area contributed by atoms with E-state index in [0.717, 1.165) is 28.1 Å². The highest BCUT2D eigenvalue weighted by Crippen LogP contribution is 2.24. The van der Waals surface area contributed by atoms with E-state index >= 15 is 0 Å². The van der Waals surface area contributed by atoms with Crippen LogP contribution in [0.5, 0.6) is 0 Å². The number of halogens is 1. The molecule has 1 N–H and O–H groups in total. The quantitative estimate of drug-likeness (QED) is 0.767. The molecular weight excluding hydrogens is 419 g/mol. The van der Waals surface area contributed by atoms with E-state index in [1.807, 2.05) is 20.8 Å². The van der Waals surface area contributed by atoms with Crippen LogP contribution in [-0.2, 0) is 25.5 Å². The van der Waals surface area contributed by atoms with Gasteiger partial charge < -0.3 is 0 Å². The molecule has 7 nitrogen and oxygen atoms in total. The highest BCUT2D eigenvalue weighted by Gasteiger charge is 2.25. The van der Waals surface area contributed by atoms with Crippen LogP contribution >= 0.6 is 0 Å². The lowest BCUT2D eigenvalue weighted by atomic mass is 9.87. The van der Waals surface area contributed by atoms with E-state index in [1.165, 1.54) is 26.2 Å². The predicted octanol–water partition coefficient (Wildman–Crippen LogP) is 2.49. The van der Waals surface area contributed by atoms with Crippen LogP contribution in [0.4, 0.5) is 4.39 Å². The first-order valence-corrected chi connectivity index (χ1v) is 11.5. The number of carbonyl (C=O) groups is 1. The number of nitrogens with one attached hydrogen (secondary N) is 1. The Morgan fingerprint density at radius 3 is 1.93 bits per heavy atom. The first kappa shape index (κ1) is 23.0. The average Bonchev–Trinajstić information content (AvgIpc) is 2.60. The van der Waals surface area contributed by atoms with Crippen LogP contribution in [0.25, 0.3) is 0 Å². The number of rotatable bonds is 5. The Labute approximate surface area is 170 Å². The molecule has 0 aliphatic heterocycles. The molecule has 10 heteroatoms. The van der Waals surface area contributed by atoms with Crippen LogP contribution in [0.2, 0.25) is 0 Å². The summed E-state index contributed by atoms with van der Waals surface area (Å²) in [5, 5.41) is 0. The fourth-order valence-electron chi connectivity index (χ4n) is 2.42. The molecule has 1 amide bonds. The second-order valence-electron chi connectivity index (χ2n) is 7.64. The van der Waals surface area contributed by atoms with Crippen molar-refractivity contribution in [1.82, 2.24) is 9.03 Å². The lowest BCUT2D eigenvalue weighted by Crippen LogP contribution is -2.31. The Morgan fingerprint density at radius 2 is 1.45 bits per heavy atom. The third-order valence-corrected chi connectivity index (χ3v) is 7.38. The van der Waals surface area contributed by atoms with E-state index < -0.39 is 37.3 Å². The molecule has 2 rings (SSSR count). The normalized spacial score (nSPS) is 12.8. The topological polar surface area (TPSA) is 101 Å². The summed E-state index contributed by atoms with van der Waals surface area (Å²) in [6.45, 7) is 5.90. The minimum atomic E-state index is -4.28. The number of carbonyl (C=O) groups excluding carboxylic acids is 1. The maximum Gasteiger partial charge on any atom is 0.268 e. The van der Waals surface area contributed by atoms with Gasteiger partial charge in [0.05, 0.1) is 15.4 Å². The molecule has 0 heterocycles. The number of benzene rings is 2. The van der Waals surface area contributed by atoms with Gasteiger partial charge in [0, 0.05) is 14.1 Å². The van der Waals surface area contributed by atoms with Crippen molar-refractivity contribution in [2.24, 2.45) is 0 Å². The smallest absolute Gasteiger partial charge is 0.268 e.